The molecular formula is C18H24ClN3O3S2. The van der Waals surface area contributed by atoms with Crippen LogP contribution in [0, 0.1) is 6.92 Å². The molecular weight excluding hydrogens is 406 g/mol. The maximum Gasteiger partial charge on any atom is 0.250 e. The number of piperidine rings is 1. The van der Waals surface area contributed by atoms with E-state index in [1.807, 2.05) is 31.2 Å². The molecule has 9 heteroatoms. The molecule has 27 heavy (non-hydrogen) atoms. The molecule has 1 saturated heterocycles. The maximum absolute atomic E-state index is 12.6. The number of benzene rings is 1. The fourth-order valence-corrected chi connectivity index (χ4v) is 5.34. The molecule has 1 atom stereocenters. The molecule has 1 aliphatic rings. The summed E-state index contributed by atoms with van der Waals surface area (Å²) in [5.41, 5.74) is 8.03. The van der Waals surface area contributed by atoms with E-state index in [9.17, 15) is 13.2 Å². The predicted octanol–water partition coefficient (Wildman–Crippen LogP) is 2.45. The standard InChI is InChI=1S/C18H23N3O3S2.ClH/c1-13-4-6-14(7-5-13)17(19)18(22)21-10-8-15(9-11-21)20-26(23,24)16-3-2-12-25-16;/h2-7,12,15,17,20H,8-11,19H2,1H3;1H. The van der Waals surface area contributed by atoms with Crippen molar-refractivity contribution in [1.82, 2.24) is 9.62 Å². The van der Waals surface area contributed by atoms with E-state index in [0.717, 1.165) is 11.1 Å². The lowest BCUT2D eigenvalue weighted by Gasteiger charge is -2.33. The van der Waals surface area contributed by atoms with Gasteiger partial charge >= 0.3 is 0 Å². The number of sulfonamides is 1. The van der Waals surface area contributed by atoms with Gasteiger partial charge in [-0.25, -0.2) is 13.1 Å². The van der Waals surface area contributed by atoms with Gasteiger partial charge in [0.05, 0.1) is 0 Å². The van der Waals surface area contributed by atoms with Crippen molar-refractivity contribution in [3.8, 4) is 0 Å². The quantitative estimate of drug-likeness (QED) is 0.763. The molecule has 0 spiro atoms. The van der Waals surface area contributed by atoms with Crippen LogP contribution < -0.4 is 10.5 Å². The molecule has 1 fully saturated rings. The van der Waals surface area contributed by atoms with E-state index in [0.29, 0.717) is 30.1 Å². The number of nitrogens with zero attached hydrogens (tertiary/aromatic N) is 1. The first-order chi connectivity index (χ1) is 12.4. The summed E-state index contributed by atoms with van der Waals surface area (Å²) in [5, 5.41) is 1.74. The summed E-state index contributed by atoms with van der Waals surface area (Å²) in [6.45, 7) is 2.98. The minimum Gasteiger partial charge on any atom is -0.341 e. The van der Waals surface area contributed by atoms with E-state index in [-0.39, 0.29) is 24.4 Å². The molecule has 3 N–H and O–H groups in total. The molecule has 0 radical (unpaired) electrons. The van der Waals surface area contributed by atoms with Crippen LogP contribution in [0.2, 0.25) is 0 Å². The molecule has 1 aliphatic heterocycles. The second-order valence-corrected chi connectivity index (χ2v) is 9.43. The second kappa shape index (κ2) is 9.16. The van der Waals surface area contributed by atoms with Gasteiger partial charge in [0.25, 0.3) is 0 Å². The molecule has 148 valence electrons. The molecule has 1 aromatic heterocycles. The third-order valence-electron chi connectivity index (χ3n) is 4.59. The smallest absolute Gasteiger partial charge is 0.250 e. The highest BCUT2D eigenvalue weighted by Gasteiger charge is 2.29. The minimum absolute atomic E-state index is 0. The van der Waals surface area contributed by atoms with Gasteiger partial charge in [0.2, 0.25) is 15.9 Å². The van der Waals surface area contributed by atoms with E-state index >= 15 is 0 Å². The first-order valence-corrected chi connectivity index (χ1v) is 10.9. The first-order valence-electron chi connectivity index (χ1n) is 8.53. The third kappa shape index (κ3) is 5.30. The number of nitrogens with two attached hydrogens (primary N) is 1. The summed E-state index contributed by atoms with van der Waals surface area (Å²) >= 11 is 1.19. The lowest BCUT2D eigenvalue weighted by molar-refractivity contribution is -0.133. The largest absolute Gasteiger partial charge is 0.341 e. The number of halogens is 1. The molecule has 3 rings (SSSR count). The Balaban J connectivity index is 0.00000261. The van der Waals surface area contributed by atoms with Crippen molar-refractivity contribution in [2.75, 3.05) is 13.1 Å². The molecule has 0 saturated carbocycles. The average molecular weight is 430 g/mol. The Morgan fingerprint density at radius 2 is 1.85 bits per heavy atom. The molecule has 1 unspecified atom stereocenters. The number of hydrogen-bond donors (Lipinski definition) is 2. The van der Waals surface area contributed by atoms with Crippen molar-refractivity contribution in [2.45, 2.75) is 36.1 Å². The minimum atomic E-state index is -3.48. The Morgan fingerprint density at radius 3 is 2.41 bits per heavy atom. The van der Waals surface area contributed by atoms with Gasteiger partial charge in [-0.1, -0.05) is 35.9 Å². The number of rotatable bonds is 5. The summed E-state index contributed by atoms with van der Waals surface area (Å²) in [7, 11) is -3.48. The third-order valence-corrected chi connectivity index (χ3v) is 7.51. The van der Waals surface area contributed by atoms with Gasteiger partial charge in [-0.15, -0.1) is 23.7 Å². The number of carbonyl (C=O) groups is 1. The van der Waals surface area contributed by atoms with Crippen molar-refractivity contribution in [2.24, 2.45) is 5.73 Å². The first kappa shape index (κ1) is 21.8. The van der Waals surface area contributed by atoms with Gasteiger partial charge in [0.15, 0.2) is 0 Å². The van der Waals surface area contributed by atoms with Crippen LogP contribution in [-0.2, 0) is 14.8 Å². The lowest BCUT2D eigenvalue weighted by Crippen LogP contribution is -2.48. The molecule has 2 heterocycles. The number of hydrogen-bond acceptors (Lipinski definition) is 5. The second-order valence-electron chi connectivity index (χ2n) is 6.54. The molecule has 2 aromatic rings. The zero-order valence-electron chi connectivity index (χ0n) is 15.0. The normalized spacial score (nSPS) is 16.6. The topological polar surface area (TPSA) is 92.5 Å². The Morgan fingerprint density at radius 1 is 1.22 bits per heavy atom. The highest BCUT2D eigenvalue weighted by atomic mass is 35.5. The Labute approximate surface area is 170 Å². The van der Waals surface area contributed by atoms with Crippen LogP contribution in [0.25, 0.3) is 0 Å². The van der Waals surface area contributed by atoms with Crippen molar-refractivity contribution in [1.29, 1.82) is 0 Å². The van der Waals surface area contributed by atoms with Gasteiger partial charge in [-0.2, -0.15) is 0 Å². The van der Waals surface area contributed by atoms with Crippen molar-refractivity contribution in [3.63, 3.8) is 0 Å². The lowest BCUT2D eigenvalue weighted by atomic mass is 10.0. The van der Waals surface area contributed by atoms with Crippen LogP contribution in [0.3, 0.4) is 0 Å². The van der Waals surface area contributed by atoms with E-state index in [1.165, 1.54) is 11.3 Å². The van der Waals surface area contributed by atoms with Crippen molar-refractivity contribution in [3.05, 3.63) is 52.9 Å². The van der Waals surface area contributed by atoms with Gasteiger partial charge in [-0.05, 0) is 36.8 Å². The SMILES string of the molecule is Cc1ccc(C(N)C(=O)N2CCC(NS(=O)(=O)c3cccs3)CC2)cc1.Cl. The van der Waals surface area contributed by atoms with Gasteiger partial charge < -0.3 is 10.6 Å². The fourth-order valence-electron chi connectivity index (χ4n) is 3.02. The highest BCUT2D eigenvalue weighted by Crippen LogP contribution is 2.21. The maximum atomic E-state index is 12.6. The molecule has 1 aromatic carbocycles. The summed E-state index contributed by atoms with van der Waals surface area (Å²) < 4.78 is 27.6. The van der Waals surface area contributed by atoms with E-state index in [1.54, 1.807) is 22.4 Å². The average Bonchev–Trinajstić information content (AvgIpc) is 3.17. The zero-order valence-corrected chi connectivity index (χ0v) is 17.4. The van der Waals surface area contributed by atoms with Gasteiger partial charge in [0.1, 0.15) is 10.3 Å². The number of likely N-dealkylation sites (tertiary alicyclic amines) is 1. The van der Waals surface area contributed by atoms with E-state index in [4.69, 9.17) is 5.73 Å². The zero-order chi connectivity index (χ0) is 18.7. The van der Waals surface area contributed by atoms with Crippen molar-refractivity contribution < 1.29 is 13.2 Å². The van der Waals surface area contributed by atoms with Crippen LogP contribution in [0.15, 0.2) is 46.0 Å². The Bertz CT molecular complexity index is 846. The van der Waals surface area contributed by atoms with E-state index in [2.05, 4.69) is 4.72 Å². The number of amides is 1. The fraction of sp³-hybridized carbons (Fsp3) is 0.389. The summed E-state index contributed by atoms with van der Waals surface area (Å²) in [5.74, 6) is -0.117. The Hall–Kier alpha value is -1.45. The molecule has 0 aliphatic carbocycles. The summed E-state index contributed by atoms with van der Waals surface area (Å²) in [6.07, 6.45) is 1.16. The number of carbonyl (C=O) groups excluding carboxylic acids is 1. The summed E-state index contributed by atoms with van der Waals surface area (Å²) in [4.78, 5) is 14.3. The monoisotopic (exact) mass is 429 g/mol. The van der Waals surface area contributed by atoms with Crippen LogP contribution in [0.1, 0.15) is 30.0 Å². The predicted molar refractivity (Wildman–Crippen MR) is 110 cm³/mol. The highest BCUT2D eigenvalue weighted by molar-refractivity contribution is 7.91. The Kier molecular flexibility index (Phi) is 7.41. The van der Waals surface area contributed by atoms with Crippen LogP contribution in [0.4, 0.5) is 0 Å². The van der Waals surface area contributed by atoms with Crippen LogP contribution in [-0.4, -0.2) is 38.4 Å². The number of thiophene rings is 1. The molecule has 1 amide bonds. The van der Waals surface area contributed by atoms with Gasteiger partial charge in [0, 0.05) is 19.1 Å². The number of nitrogens with one attached hydrogen (secondary N) is 1. The van der Waals surface area contributed by atoms with Gasteiger partial charge in [-0.3, -0.25) is 4.79 Å². The number of aryl methyl sites for hydroxylation is 1. The van der Waals surface area contributed by atoms with Crippen molar-refractivity contribution >= 4 is 39.7 Å². The van der Waals surface area contributed by atoms with E-state index < -0.39 is 16.1 Å². The van der Waals surface area contributed by atoms with Crippen LogP contribution in [0.5, 0.6) is 0 Å². The summed E-state index contributed by atoms with van der Waals surface area (Å²) in [6, 6.07) is 10.1. The molecule has 6 nitrogen and oxygen atoms in total. The molecule has 0 bridgehead atoms. The van der Waals surface area contributed by atoms with Crippen LogP contribution >= 0.6 is 23.7 Å².